The molecule has 1 aliphatic heterocycles. The molecule has 1 aliphatic rings. The Hall–Kier alpha value is -3.12. The van der Waals surface area contributed by atoms with Crippen molar-refractivity contribution in [3.05, 3.63) is 48.8 Å². The second-order valence-corrected chi connectivity index (χ2v) is 10.4. The number of rotatable bonds is 7. The van der Waals surface area contributed by atoms with Crippen LogP contribution in [0.2, 0.25) is 0 Å². The summed E-state index contributed by atoms with van der Waals surface area (Å²) in [5.74, 6) is -1.65. The molecule has 0 spiro atoms. The van der Waals surface area contributed by atoms with Crippen LogP contribution in [0.5, 0.6) is 5.75 Å². The van der Waals surface area contributed by atoms with E-state index in [9.17, 15) is 22.8 Å². The molecule has 34 heavy (non-hydrogen) atoms. The molecule has 0 bridgehead atoms. The highest BCUT2D eigenvalue weighted by atomic mass is 32.2. The van der Waals surface area contributed by atoms with Gasteiger partial charge in [0.2, 0.25) is 9.84 Å². The van der Waals surface area contributed by atoms with Gasteiger partial charge in [0.05, 0.1) is 16.0 Å². The number of pyridine rings is 1. The molecule has 0 aliphatic carbocycles. The summed E-state index contributed by atoms with van der Waals surface area (Å²) in [6, 6.07) is 9.16. The van der Waals surface area contributed by atoms with Crippen molar-refractivity contribution in [1.82, 2.24) is 4.98 Å². The van der Waals surface area contributed by atoms with Crippen molar-refractivity contribution >= 4 is 39.5 Å². The third kappa shape index (κ3) is 6.26. The SMILES string of the molecule is CC(=O)O[C@@H]1[C@@H](OC(C)=O)[C@H](OC(C)=O)CS[C@H]1Oc1cncc(S(=O)(=O)c2ccccc2)c1. The molecular formula is C22H23NO9S2. The number of carbonyl (C=O) groups is 3. The number of thioether (sulfide) groups is 1. The van der Waals surface area contributed by atoms with E-state index >= 15 is 0 Å². The monoisotopic (exact) mass is 509 g/mol. The highest BCUT2D eigenvalue weighted by molar-refractivity contribution is 7.99. The van der Waals surface area contributed by atoms with Gasteiger partial charge in [0.15, 0.2) is 23.7 Å². The first kappa shape index (κ1) is 25.5. The van der Waals surface area contributed by atoms with Gasteiger partial charge >= 0.3 is 17.9 Å². The Morgan fingerprint density at radius 3 is 2.12 bits per heavy atom. The van der Waals surface area contributed by atoms with Crippen LogP contribution in [-0.2, 0) is 38.4 Å². The quantitative estimate of drug-likeness (QED) is 0.401. The predicted octanol–water partition coefficient (Wildman–Crippen LogP) is 2.16. The Balaban J connectivity index is 1.90. The van der Waals surface area contributed by atoms with Crippen molar-refractivity contribution < 1.29 is 41.7 Å². The Kier molecular flexibility index (Phi) is 8.15. The average Bonchev–Trinajstić information content (AvgIpc) is 2.77. The van der Waals surface area contributed by atoms with Gasteiger partial charge in [-0.2, -0.15) is 0 Å². The maximum absolute atomic E-state index is 12.9. The Bertz CT molecular complexity index is 1150. The lowest BCUT2D eigenvalue weighted by Crippen LogP contribution is -2.55. The van der Waals surface area contributed by atoms with Gasteiger partial charge in [0.1, 0.15) is 5.75 Å². The molecule has 1 saturated heterocycles. The van der Waals surface area contributed by atoms with Crippen LogP contribution in [0.4, 0.5) is 0 Å². The van der Waals surface area contributed by atoms with Crippen LogP contribution in [0.1, 0.15) is 20.8 Å². The fraction of sp³-hybridized carbons (Fsp3) is 0.364. The van der Waals surface area contributed by atoms with Crippen molar-refractivity contribution in [2.24, 2.45) is 0 Å². The molecule has 1 fully saturated rings. The Labute approximate surface area is 200 Å². The molecule has 0 unspecified atom stereocenters. The van der Waals surface area contributed by atoms with Crippen LogP contribution >= 0.6 is 11.8 Å². The molecule has 1 aromatic carbocycles. The van der Waals surface area contributed by atoms with Gasteiger partial charge in [-0.1, -0.05) is 18.2 Å². The number of sulfone groups is 1. The minimum atomic E-state index is -3.85. The zero-order chi connectivity index (χ0) is 24.9. The van der Waals surface area contributed by atoms with E-state index in [-0.39, 0.29) is 21.3 Å². The van der Waals surface area contributed by atoms with Crippen LogP contribution in [0.3, 0.4) is 0 Å². The lowest BCUT2D eigenvalue weighted by molar-refractivity contribution is -0.186. The lowest BCUT2D eigenvalue weighted by atomic mass is 10.1. The molecule has 4 atom stereocenters. The van der Waals surface area contributed by atoms with Gasteiger partial charge < -0.3 is 18.9 Å². The largest absolute Gasteiger partial charge is 0.474 e. The van der Waals surface area contributed by atoms with E-state index in [4.69, 9.17) is 18.9 Å². The normalized spacial score (nSPS) is 22.3. The van der Waals surface area contributed by atoms with Crippen LogP contribution < -0.4 is 4.74 Å². The van der Waals surface area contributed by atoms with Crippen LogP contribution in [0.15, 0.2) is 58.6 Å². The molecule has 0 radical (unpaired) electrons. The van der Waals surface area contributed by atoms with Crippen molar-refractivity contribution in [3.63, 3.8) is 0 Å². The summed E-state index contributed by atoms with van der Waals surface area (Å²) in [5, 5.41) is 0. The minimum absolute atomic E-state index is 0.0876. The van der Waals surface area contributed by atoms with Crippen molar-refractivity contribution in [3.8, 4) is 5.75 Å². The lowest BCUT2D eigenvalue weighted by Gasteiger charge is -2.39. The molecule has 3 rings (SSSR count). The number of esters is 3. The van der Waals surface area contributed by atoms with Crippen LogP contribution in [-0.4, -0.2) is 60.8 Å². The van der Waals surface area contributed by atoms with E-state index in [1.54, 1.807) is 18.2 Å². The van der Waals surface area contributed by atoms with Gasteiger partial charge in [-0.05, 0) is 12.1 Å². The number of benzene rings is 1. The second-order valence-electron chi connectivity index (χ2n) is 7.29. The van der Waals surface area contributed by atoms with Gasteiger partial charge in [-0.3, -0.25) is 19.4 Å². The first-order chi connectivity index (χ1) is 16.1. The maximum atomic E-state index is 12.9. The number of aromatic nitrogens is 1. The van der Waals surface area contributed by atoms with Crippen LogP contribution in [0, 0.1) is 0 Å². The smallest absolute Gasteiger partial charge is 0.303 e. The molecule has 2 heterocycles. The summed E-state index contributed by atoms with van der Waals surface area (Å²) in [6.07, 6.45) is -0.627. The highest BCUT2D eigenvalue weighted by Crippen LogP contribution is 2.35. The predicted molar refractivity (Wildman–Crippen MR) is 120 cm³/mol. The van der Waals surface area contributed by atoms with Crippen molar-refractivity contribution in [2.75, 3.05) is 5.75 Å². The zero-order valence-corrected chi connectivity index (χ0v) is 20.2. The average molecular weight is 510 g/mol. The number of nitrogens with zero attached hydrogens (tertiary/aromatic N) is 1. The summed E-state index contributed by atoms with van der Waals surface area (Å²) < 4.78 is 47.7. The topological polar surface area (TPSA) is 135 Å². The van der Waals surface area contributed by atoms with Gasteiger partial charge in [-0.15, -0.1) is 11.8 Å². The molecular weight excluding hydrogens is 486 g/mol. The van der Waals surface area contributed by atoms with Gasteiger partial charge in [0.25, 0.3) is 0 Å². The fourth-order valence-corrected chi connectivity index (χ4v) is 5.77. The summed E-state index contributed by atoms with van der Waals surface area (Å²) in [7, 11) is -3.85. The van der Waals surface area contributed by atoms with Crippen molar-refractivity contribution in [2.45, 2.75) is 54.3 Å². The molecule has 0 N–H and O–H groups in total. The van der Waals surface area contributed by atoms with E-state index in [2.05, 4.69) is 4.98 Å². The Morgan fingerprint density at radius 1 is 0.882 bits per heavy atom. The second kappa shape index (κ2) is 10.9. The van der Waals surface area contributed by atoms with Gasteiger partial charge in [0, 0.05) is 38.8 Å². The van der Waals surface area contributed by atoms with E-state index in [0.717, 1.165) is 11.8 Å². The van der Waals surface area contributed by atoms with Crippen LogP contribution in [0.25, 0.3) is 0 Å². The first-order valence-electron chi connectivity index (χ1n) is 10.1. The molecule has 12 heteroatoms. The standard InChI is InChI=1S/C22H23NO9S2/c1-13(24)29-19-12-33-22(21(31-15(3)26)20(19)30-14(2)25)32-16-9-18(11-23-10-16)34(27,28)17-7-5-4-6-8-17/h4-11,19-22H,12H2,1-3H3/t19-,20+,21-,22-/m1/s1. The number of hydrogen-bond donors (Lipinski definition) is 0. The third-order valence-electron chi connectivity index (χ3n) is 4.61. The Morgan fingerprint density at radius 2 is 1.50 bits per heavy atom. The summed E-state index contributed by atoms with van der Waals surface area (Å²) in [6.45, 7) is 3.56. The molecule has 182 valence electrons. The van der Waals surface area contributed by atoms with E-state index in [1.807, 2.05) is 0 Å². The highest BCUT2D eigenvalue weighted by Gasteiger charge is 2.47. The van der Waals surface area contributed by atoms with Crippen molar-refractivity contribution in [1.29, 1.82) is 0 Å². The summed E-state index contributed by atoms with van der Waals surface area (Å²) >= 11 is 1.15. The zero-order valence-electron chi connectivity index (χ0n) is 18.6. The van der Waals surface area contributed by atoms with E-state index < -0.39 is 51.5 Å². The molecule has 10 nitrogen and oxygen atoms in total. The maximum Gasteiger partial charge on any atom is 0.303 e. The van der Waals surface area contributed by atoms with Gasteiger partial charge in [-0.25, -0.2) is 8.42 Å². The minimum Gasteiger partial charge on any atom is -0.474 e. The first-order valence-corrected chi connectivity index (χ1v) is 12.7. The molecule has 2 aromatic rings. The number of ether oxygens (including phenoxy) is 4. The molecule has 0 amide bonds. The third-order valence-corrected chi connectivity index (χ3v) is 7.56. The summed E-state index contributed by atoms with van der Waals surface area (Å²) in [4.78, 5) is 39.0. The number of carbonyl (C=O) groups excluding carboxylic acids is 3. The molecule has 1 aromatic heterocycles. The summed E-state index contributed by atoms with van der Waals surface area (Å²) in [5.41, 5.74) is -0.906. The van der Waals surface area contributed by atoms with E-state index in [0.29, 0.717) is 0 Å². The van der Waals surface area contributed by atoms with E-state index in [1.165, 1.54) is 51.4 Å². The number of hydrogen-bond acceptors (Lipinski definition) is 11. The molecule has 0 saturated carbocycles. The fourth-order valence-electron chi connectivity index (χ4n) is 3.29.